The van der Waals surface area contributed by atoms with E-state index in [4.69, 9.17) is 0 Å². The number of methoxy groups -OCH3 is 1. The molecule has 1 amide bonds. The molecule has 0 saturated heterocycles. The van der Waals surface area contributed by atoms with E-state index >= 15 is 0 Å². The van der Waals surface area contributed by atoms with E-state index in [-0.39, 0.29) is 11.9 Å². The summed E-state index contributed by atoms with van der Waals surface area (Å²) in [6.07, 6.45) is 1.84. The zero-order chi connectivity index (χ0) is 15.7. The van der Waals surface area contributed by atoms with Gasteiger partial charge in [0.05, 0.1) is 18.4 Å². The van der Waals surface area contributed by atoms with Gasteiger partial charge in [0.2, 0.25) is 0 Å². The van der Waals surface area contributed by atoms with Crippen molar-refractivity contribution < 1.29 is 14.3 Å². The molecule has 0 spiro atoms. The van der Waals surface area contributed by atoms with E-state index in [1.807, 2.05) is 30.3 Å². The van der Waals surface area contributed by atoms with Gasteiger partial charge < -0.3 is 9.64 Å². The highest BCUT2D eigenvalue weighted by Crippen LogP contribution is 2.36. The van der Waals surface area contributed by atoms with Crippen LogP contribution in [0.5, 0.6) is 0 Å². The molecule has 0 N–H and O–H groups in total. The van der Waals surface area contributed by atoms with Gasteiger partial charge in [-0.15, -0.1) is 0 Å². The average Bonchev–Trinajstić information content (AvgIpc) is 2.80. The number of hydrogen-bond acceptors (Lipinski definition) is 3. The first-order valence-corrected chi connectivity index (χ1v) is 6.89. The molecule has 1 aliphatic heterocycles. The maximum Gasteiger partial charge on any atom is 0.337 e. The summed E-state index contributed by atoms with van der Waals surface area (Å²) in [5.41, 5.74) is 3.84. The van der Waals surface area contributed by atoms with E-state index in [0.717, 1.165) is 16.8 Å². The summed E-state index contributed by atoms with van der Waals surface area (Å²) < 4.78 is 4.67. The second-order valence-electron chi connectivity index (χ2n) is 5.05. The summed E-state index contributed by atoms with van der Waals surface area (Å²) in [6, 6.07) is 14.7. The molecule has 1 heterocycles. The highest BCUT2D eigenvalue weighted by molar-refractivity contribution is 6.35. The molecular weight excluding hydrogens is 278 g/mol. The number of fused-ring (bicyclic) bond motifs is 1. The number of carbonyl (C=O) groups is 2. The van der Waals surface area contributed by atoms with Crippen LogP contribution in [-0.4, -0.2) is 26.0 Å². The molecule has 0 fully saturated rings. The Morgan fingerprint density at radius 3 is 2.45 bits per heavy atom. The standard InChI is InChI=1S/C18H15NO3/c1-19-16-6-4-3-5-14(16)15(17(19)20)11-12-7-9-13(10-8-12)18(21)22-2/h3-11H,1-2H3/b15-11+. The highest BCUT2D eigenvalue weighted by atomic mass is 16.5. The van der Waals surface area contributed by atoms with Gasteiger partial charge in [0, 0.05) is 18.2 Å². The van der Waals surface area contributed by atoms with Gasteiger partial charge >= 0.3 is 5.97 Å². The highest BCUT2D eigenvalue weighted by Gasteiger charge is 2.28. The van der Waals surface area contributed by atoms with Crippen LogP contribution in [0.25, 0.3) is 11.6 Å². The Kier molecular flexibility index (Phi) is 3.51. The number of esters is 1. The summed E-state index contributed by atoms with van der Waals surface area (Å²) in [4.78, 5) is 25.4. The van der Waals surface area contributed by atoms with Gasteiger partial charge in [-0.05, 0) is 29.8 Å². The number of likely N-dealkylation sites (N-methyl/N-ethyl adjacent to an activating group) is 1. The first-order chi connectivity index (χ1) is 10.6. The Hall–Kier alpha value is -2.88. The third-order valence-electron chi connectivity index (χ3n) is 3.73. The van der Waals surface area contributed by atoms with Gasteiger partial charge in [-0.25, -0.2) is 4.79 Å². The number of rotatable bonds is 2. The first-order valence-electron chi connectivity index (χ1n) is 6.89. The van der Waals surface area contributed by atoms with Gasteiger partial charge in [-0.1, -0.05) is 30.3 Å². The van der Waals surface area contributed by atoms with Gasteiger partial charge in [-0.2, -0.15) is 0 Å². The van der Waals surface area contributed by atoms with Crippen molar-refractivity contribution in [2.45, 2.75) is 0 Å². The smallest absolute Gasteiger partial charge is 0.337 e. The van der Waals surface area contributed by atoms with Crippen molar-refractivity contribution in [1.82, 2.24) is 0 Å². The van der Waals surface area contributed by atoms with E-state index in [2.05, 4.69) is 4.74 Å². The lowest BCUT2D eigenvalue weighted by Gasteiger charge is -2.07. The molecule has 2 aromatic carbocycles. The molecule has 0 bridgehead atoms. The summed E-state index contributed by atoms with van der Waals surface area (Å²) >= 11 is 0. The first kappa shape index (κ1) is 14.1. The fourth-order valence-electron chi connectivity index (χ4n) is 2.54. The lowest BCUT2D eigenvalue weighted by Crippen LogP contribution is -2.20. The van der Waals surface area contributed by atoms with Crippen LogP contribution in [0.3, 0.4) is 0 Å². The second-order valence-corrected chi connectivity index (χ2v) is 5.05. The molecule has 4 heteroatoms. The monoisotopic (exact) mass is 293 g/mol. The molecule has 0 aromatic heterocycles. The summed E-state index contributed by atoms with van der Waals surface area (Å²) in [5, 5.41) is 0. The minimum Gasteiger partial charge on any atom is -0.465 e. The quantitative estimate of drug-likeness (QED) is 0.631. The van der Waals surface area contributed by atoms with Crippen molar-refractivity contribution in [3.05, 3.63) is 65.2 Å². The maximum atomic E-state index is 12.4. The van der Waals surface area contributed by atoms with Crippen molar-refractivity contribution in [3.63, 3.8) is 0 Å². The Morgan fingerprint density at radius 2 is 1.77 bits per heavy atom. The fourth-order valence-corrected chi connectivity index (χ4v) is 2.54. The number of hydrogen-bond donors (Lipinski definition) is 0. The van der Waals surface area contributed by atoms with Crippen molar-refractivity contribution >= 4 is 29.2 Å². The molecule has 22 heavy (non-hydrogen) atoms. The molecule has 0 unspecified atom stereocenters. The van der Waals surface area contributed by atoms with Gasteiger partial charge in [0.1, 0.15) is 0 Å². The lowest BCUT2D eigenvalue weighted by atomic mass is 10.0. The molecule has 3 rings (SSSR count). The van der Waals surface area contributed by atoms with Crippen LogP contribution in [-0.2, 0) is 9.53 Å². The summed E-state index contributed by atoms with van der Waals surface area (Å²) in [6.45, 7) is 0. The summed E-state index contributed by atoms with van der Waals surface area (Å²) in [5.74, 6) is -0.403. The van der Waals surface area contributed by atoms with Crippen LogP contribution < -0.4 is 4.90 Å². The SMILES string of the molecule is COC(=O)c1ccc(/C=C2/C(=O)N(C)c3ccccc32)cc1. The number of para-hydroxylation sites is 1. The van der Waals surface area contributed by atoms with E-state index < -0.39 is 0 Å². The average molecular weight is 293 g/mol. The van der Waals surface area contributed by atoms with Crippen LogP contribution in [0.15, 0.2) is 48.5 Å². The molecule has 2 aromatic rings. The van der Waals surface area contributed by atoms with Gasteiger partial charge in [0.25, 0.3) is 5.91 Å². The van der Waals surface area contributed by atoms with E-state index in [0.29, 0.717) is 11.1 Å². The fraction of sp³-hybridized carbons (Fsp3) is 0.111. The van der Waals surface area contributed by atoms with E-state index in [1.54, 1.807) is 36.2 Å². The molecule has 0 saturated carbocycles. The number of benzene rings is 2. The Bertz CT molecular complexity index is 775. The third kappa shape index (κ3) is 2.29. The number of amides is 1. The van der Waals surface area contributed by atoms with E-state index in [1.165, 1.54) is 7.11 Å². The number of nitrogens with zero attached hydrogens (tertiary/aromatic N) is 1. The molecule has 110 valence electrons. The third-order valence-corrected chi connectivity index (χ3v) is 3.73. The topological polar surface area (TPSA) is 46.6 Å². The predicted octanol–water partition coefficient (Wildman–Crippen LogP) is 2.99. The van der Waals surface area contributed by atoms with Crippen molar-refractivity contribution in [2.24, 2.45) is 0 Å². The van der Waals surface area contributed by atoms with Crippen molar-refractivity contribution in [1.29, 1.82) is 0 Å². The van der Waals surface area contributed by atoms with Crippen LogP contribution in [0.2, 0.25) is 0 Å². The molecule has 1 aliphatic rings. The van der Waals surface area contributed by atoms with Crippen LogP contribution in [0.4, 0.5) is 5.69 Å². The molecule has 0 atom stereocenters. The molecular formula is C18H15NO3. The molecule has 0 radical (unpaired) electrons. The van der Waals surface area contributed by atoms with Crippen LogP contribution >= 0.6 is 0 Å². The Balaban J connectivity index is 1.99. The normalized spacial score (nSPS) is 15.1. The van der Waals surface area contributed by atoms with Crippen LogP contribution in [0, 0.1) is 0 Å². The zero-order valence-corrected chi connectivity index (χ0v) is 12.4. The summed E-state index contributed by atoms with van der Waals surface area (Å²) in [7, 11) is 3.12. The second kappa shape index (κ2) is 5.48. The molecule has 0 aliphatic carbocycles. The Morgan fingerprint density at radius 1 is 1.09 bits per heavy atom. The van der Waals surface area contributed by atoms with Gasteiger partial charge in [0.15, 0.2) is 0 Å². The largest absolute Gasteiger partial charge is 0.465 e. The number of ether oxygens (including phenoxy) is 1. The zero-order valence-electron chi connectivity index (χ0n) is 12.4. The number of anilines is 1. The Labute approximate surface area is 128 Å². The lowest BCUT2D eigenvalue weighted by molar-refractivity contribution is -0.112. The minimum atomic E-state index is -0.374. The number of carbonyl (C=O) groups excluding carboxylic acids is 2. The minimum absolute atomic E-state index is 0.0294. The predicted molar refractivity (Wildman–Crippen MR) is 85.5 cm³/mol. The molecule has 4 nitrogen and oxygen atoms in total. The van der Waals surface area contributed by atoms with E-state index in [9.17, 15) is 9.59 Å². The maximum absolute atomic E-state index is 12.4. The van der Waals surface area contributed by atoms with Crippen molar-refractivity contribution in [2.75, 3.05) is 19.1 Å². The van der Waals surface area contributed by atoms with Gasteiger partial charge in [-0.3, -0.25) is 4.79 Å². The van der Waals surface area contributed by atoms with Crippen molar-refractivity contribution in [3.8, 4) is 0 Å². The van der Waals surface area contributed by atoms with Crippen LogP contribution in [0.1, 0.15) is 21.5 Å².